The van der Waals surface area contributed by atoms with Gasteiger partial charge in [0.25, 0.3) is 0 Å². The van der Waals surface area contributed by atoms with Crippen LogP contribution in [0.4, 0.5) is 0 Å². The number of hydrogen-bond donors (Lipinski definition) is 2. The molecule has 1 unspecified atom stereocenters. The van der Waals surface area contributed by atoms with E-state index >= 15 is 0 Å². The zero-order chi connectivity index (χ0) is 10.6. The van der Waals surface area contributed by atoms with Crippen LogP contribution in [0.15, 0.2) is 0 Å². The van der Waals surface area contributed by atoms with Crippen LogP contribution >= 0.6 is 0 Å². The van der Waals surface area contributed by atoms with Crippen LogP contribution in [0.25, 0.3) is 0 Å². The van der Waals surface area contributed by atoms with E-state index in [0.717, 1.165) is 0 Å². The van der Waals surface area contributed by atoms with Crippen molar-refractivity contribution in [3.8, 4) is 0 Å². The van der Waals surface area contributed by atoms with E-state index in [-0.39, 0.29) is 18.6 Å². The highest BCUT2D eigenvalue weighted by atomic mass is 16.3. The Morgan fingerprint density at radius 2 is 2.00 bits per heavy atom. The van der Waals surface area contributed by atoms with Gasteiger partial charge in [0.1, 0.15) is 0 Å². The number of carbonyl (C=O) groups excluding carboxylic acids is 1. The van der Waals surface area contributed by atoms with Gasteiger partial charge in [-0.3, -0.25) is 10.1 Å². The number of rotatable bonds is 4. The van der Waals surface area contributed by atoms with Gasteiger partial charge < -0.3 is 10.0 Å². The summed E-state index contributed by atoms with van der Waals surface area (Å²) in [4.78, 5) is 13.0. The molecule has 0 aromatic rings. The van der Waals surface area contributed by atoms with Crippen LogP contribution in [-0.2, 0) is 4.79 Å². The molecule has 0 aliphatic rings. The second-order valence-corrected chi connectivity index (χ2v) is 4.14. The van der Waals surface area contributed by atoms with E-state index in [9.17, 15) is 4.79 Å². The number of aliphatic hydroxyl groups excluding tert-OH is 1. The van der Waals surface area contributed by atoms with Gasteiger partial charge in [0.2, 0.25) is 5.91 Å². The van der Waals surface area contributed by atoms with Crippen LogP contribution in [0, 0.1) is 0 Å². The number of hydrogen-bond acceptors (Lipinski definition) is 3. The van der Waals surface area contributed by atoms with Crippen molar-refractivity contribution in [1.29, 1.82) is 0 Å². The maximum absolute atomic E-state index is 11.4. The largest absolute Gasteiger partial charge is 0.394 e. The summed E-state index contributed by atoms with van der Waals surface area (Å²) in [5.74, 6) is 0.0153. The first kappa shape index (κ1) is 12.4. The summed E-state index contributed by atoms with van der Waals surface area (Å²) < 4.78 is 0. The van der Waals surface area contributed by atoms with E-state index in [4.69, 9.17) is 5.11 Å². The van der Waals surface area contributed by atoms with Crippen LogP contribution in [0.1, 0.15) is 20.8 Å². The number of aliphatic hydroxyl groups is 1. The van der Waals surface area contributed by atoms with Crippen LogP contribution in [-0.4, -0.2) is 48.2 Å². The molecule has 0 saturated heterocycles. The Morgan fingerprint density at radius 3 is 2.31 bits per heavy atom. The van der Waals surface area contributed by atoms with E-state index in [1.807, 2.05) is 13.8 Å². The predicted octanol–water partition coefficient (Wildman–Crippen LogP) is -0.176. The molecule has 0 fully saturated rings. The van der Waals surface area contributed by atoms with Crippen LogP contribution in [0.2, 0.25) is 0 Å². The SMILES string of the molecule is CC(NC(C)(C)CO)C(=O)N(C)C. The molecule has 13 heavy (non-hydrogen) atoms. The minimum absolute atomic E-state index is 0.0120. The van der Waals surface area contributed by atoms with Crippen molar-refractivity contribution in [2.24, 2.45) is 0 Å². The Morgan fingerprint density at radius 1 is 1.54 bits per heavy atom. The monoisotopic (exact) mass is 188 g/mol. The van der Waals surface area contributed by atoms with Gasteiger partial charge in [0, 0.05) is 19.6 Å². The molecule has 0 saturated carbocycles. The first-order valence-electron chi connectivity index (χ1n) is 4.40. The Hall–Kier alpha value is -0.610. The molecular formula is C9H20N2O2. The second kappa shape index (κ2) is 4.58. The topological polar surface area (TPSA) is 52.6 Å². The molecule has 4 heteroatoms. The van der Waals surface area contributed by atoms with Gasteiger partial charge in [-0.15, -0.1) is 0 Å². The highest BCUT2D eigenvalue weighted by molar-refractivity contribution is 5.81. The third kappa shape index (κ3) is 4.24. The average molecular weight is 188 g/mol. The smallest absolute Gasteiger partial charge is 0.238 e. The number of nitrogens with zero attached hydrogens (tertiary/aromatic N) is 1. The predicted molar refractivity (Wildman–Crippen MR) is 52.5 cm³/mol. The minimum Gasteiger partial charge on any atom is -0.394 e. The molecule has 4 nitrogen and oxygen atoms in total. The second-order valence-electron chi connectivity index (χ2n) is 4.14. The minimum atomic E-state index is -0.412. The zero-order valence-corrected chi connectivity index (χ0v) is 9.09. The lowest BCUT2D eigenvalue weighted by Gasteiger charge is -2.28. The van der Waals surface area contributed by atoms with Gasteiger partial charge >= 0.3 is 0 Å². The maximum Gasteiger partial charge on any atom is 0.238 e. The summed E-state index contributed by atoms with van der Waals surface area (Å²) in [7, 11) is 3.43. The Kier molecular flexibility index (Phi) is 4.36. The molecule has 0 radical (unpaired) electrons. The first-order chi connectivity index (χ1) is 5.80. The summed E-state index contributed by atoms with van der Waals surface area (Å²) in [5.41, 5.74) is -0.412. The van der Waals surface area contributed by atoms with Crippen molar-refractivity contribution < 1.29 is 9.90 Å². The first-order valence-corrected chi connectivity index (χ1v) is 4.40. The van der Waals surface area contributed by atoms with Crippen molar-refractivity contribution in [3.63, 3.8) is 0 Å². The van der Waals surface area contributed by atoms with Crippen molar-refractivity contribution >= 4 is 5.91 Å². The molecule has 0 aliphatic carbocycles. The third-order valence-electron chi connectivity index (χ3n) is 1.81. The van der Waals surface area contributed by atoms with Crippen LogP contribution in [0.5, 0.6) is 0 Å². The van der Waals surface area contributed by atoms with Crippen molar-refractivity contribution in [3.05, 3.63) is 0 Å². The van der Waals surface area contributed by atoms with E-state index < -0.39 is 5.54 Å². The summed E-state index contributed by atoms with van der Waals surface area (Å²) >= 11 is 0. The normalized spacial score (nSPS) is 14.0. The average Bonchev–Trinajstić information content (AvgIpc) is 2.02. The molecular weight excluding hydrogens is 168 g/mol. The number of nitrogens with one attached hydrogen (secondary N) is 1. The lowest BCUT2D eigenvalue weighted by Crippen LogP contribution is -2.52. The third-order valence-corrected chi connectivity index (χ3v) is 1.81. The Bertz CT molecular complexity index is 178. The molecule has 0 aliphatic heterocycles. The number of likely N-dealkylation sites (N-methyl/N-ethyl adjacent to an activating group) is 1. The van der Waals surface area contributed by atoms with Gasteiger partial charge in [0.15, 0.2) is 0 Å². The van der Waals surface area contributed by atoms with Gasteiger partial charge in [-0.05, 0) is 20.8 Å². The zero-order valence-electron chi connectivity index (χ0n) is 9.09. The number of carbonyl (C=O) groups is 1. The summed E-state index contributed by atoms with van der Waals surface area (Å²) in [6.07, 6.45) is 0. The summed E-state index contributed by atoms with van der Waals surface area (Å²) in [6, 6.07) is -0.267. The van der Waals surface area contributed by atoms with Crippen molar-refractivity contribution in [2.75, 3.05) is 20.7 Å². The quantitative estimate of drug-likeness (QED) is 0.643. The molecule has 0 spiro atoms. The molecule has 2 N–H and O–H groups in total. The molecule has 0 aromatic heterocycles. The van der Waals surface area contributed by atoms with E-state index in [1.165, 1.54) is 4.90 Å². The molecule has 0 rings (SSSR count). The van der Waals surface area contributed by atoms with Crippen LogP contribution in [0.3, 0.4) is 0 Å². The van der Waals surface area contributed by atoms with E-state index in [1.54, 1.807) is 21.0 Å². The fourth-order valence-corrected chi connectivity index (χ4v) is 1.08. The highest BCUT2D eigenvalue weighted by Gasteiger charge is 2.23. The number of amides is 1. The maximum atomic E-state index is 11.4. The Balaban J connectivity index is 4.15. The Labute approximate surface area is 79.9 Å². The molecule has 78 valence electrons. The molecule has 0 bridgehead atoms. The standard InChI is InChI=1S/C9H20N2O2/c1-7(8(13)11(4)5)10-9(2,3)6-12/h7,10,12H,6H2,1-5H3. The van der Waals surface area contributed by atoms with Gasteiger partial charge in [-0.1, -0.05) is 0 Å². The molecule has 1 amide bonds. The fourth-order valence-electron chi connectivity index (χ4n) is 1.08. The molecule has 0 aromatic carbocycles. The van der Waals surface area contributed by atoms with E-state index in [0.29, 0.717) is 0 Å². The van der Waals surface area contributed by atoms with E-state index in [2.05, 4.69) is 5.32 Å². The lowest BCUT2D eigenvalue weighted by atomic mass is 10.1. The summed E-state index contributed by atoms with van der Waals surface area (Å²) in [6.45, 7) is 5.51. The fraction of sp³-hybridized carbons (Fsp3) is 0.889. The van der Waals surface area contributed by atoms with Gasteiger partial charge in [-0.2, -0.15) is 0 Å². The van der Waals surface area contributed by atoms with Crippen molar-refractivity contribution in [1.82, 2.24) is 10.2 Å². The van der Waals surface area contributed by atoms with Gasteiger partial charge in [-0.25, -0.2) is 0 Å². The van der Waals surface area contributed by atoms with Crippen LogP contribution < -0.4 is 5.32 Å². The lowest BCUT2D eigenvalue weighted by molar-refractivity contribution is -0.131. The summed E-state index contributed by atoms with van der Waals surface area (Å²) in [5, 5.41) is 12.0. The van der Waals surface area contributed by atoms with Crippen molar-refractivity contribution in [2.45, 2.75) is 32.4 Å². The van der Waals surface area contributed by atoms with Gasteiger partial charge in [0.05, 0.1) is 12.6 Å². The highest BCUT2D eigenvalue weighted by Crippen LogP contribution is 2.02. The molecule has 0 heterocycles. The molecule has 1 atom stereocenters.